The highest BCUT2D eigenvalue weighted by molar-refractivity contribution is 9.10. The number of nitrogens with zero attached hydrogens (tertiary/aromatic N) is 1. The number of hydrogen-bond donors (Lipinski definition) is 1. The highest BCUT2D eigenvalue weighted by Crippen LogP contribution is 2.37. The molecule has 2 aromatic carbocycles. The van der Waals surface area contributed by atoms with Gasteiger partial charge in [0.25, 0.3) is 11.8 Å². The fourth-order valence-electron chi connectivity index (χ4n) is 2.73. The van der Waals surface area contributed by atoms with Gasteiger partial charge in [-0.05, 0) is 48.0 Å². The molecule has 1 saturated heterocycles. The number of ether oxygens (including phenoxy) is 2. The molecule has 1 N–H and O–H groups in total. The van der Waals surface area contributed by atoms with Gasteiger partial charge in [-0.2, -0.15) is 0 Å². The average Bonchev–Trinajstić information content (AvgIpc) is 2.71. The van der Waals surface area contributed by atoms with E-state index in [-0.39, 0.29) is 28.7 Å². The number of hydrogen-bond acceptors (Lipinski definition) is 5. The molecule has 0 spiro atoms. The van der Waals surface area contributed by atoms with Crippen molar-refractivity contribution in [3.05, 3.63) is 57.0 Å². The highest BCUT2D eigenvalue weighted by atomic mass is 79.9. The summed E-state index contributed by atoms with van der Waals surface area (Å²) in [5, 5.41) is 2.34. The zero-order chi connectivity index (χ0) is 21.8. The van der Waals surface area contributed by atoms with Gasteiger partial charge in [0.2, 0.25) is 0 Å². The molecule has 152 valence electrons. The second kappa shape index (κ2) is 9.03. The number of benzene rings is 2. The second-order valence-electron chi connectivity index (χ2n) is 5.96. The van der Waals surface area contributed by atoms with E-state index in [1.165, 1.54) is 25.3 Å². The number of carbonyl (C=O) groups is 3. The van der Waals surface area contributed by atoms with Crippen molar-refractivity contribution in [3.63, 3.8) is 0 Å². The van der Waals surface area contributed by atoms with Crippen molar-refractivity contribution in [2.75, 3.05) is 18.6 Å². The van der Waals surface area contributed by atoms with Crippen LogP contribution in [0.3, 0.4) is 0 Å². The molecule has 9 heteroatoms. The third kappa shape index (κ3) is 4.32. The predicted octanol–water partition coefficient (Wildman–Crippen LogP) is 3.79. The fourth-order valence-corrected chi connectivity index (χ4v) is 3.26. The first-order chi connectivity index (χ1) is 14.3. The van der Waals surface area contributed by atoms with E-state index < -0.39 is 17.8 Å². The maximum absolute atomic E-state index is 12.9. The topological polar surface area (TPSA) is 84.9 Å². The van der Waals surface area contributed by atoms with Crippen LogP contribution in [0.1, 0.15) is 5.56 Å². The number of amides is 4. The molecule has 30 heavy (non-hydrogen) atoms. The van der Waals surface area contributed by atoms with Gasteiger partial charge < -0.3 is 9.47 Å². The quantitative estimate of drug-likeness (QED) is 0.392. The number of carbonyl (C=O) groups excluding carboxylic acids is 3. The Morgan fingerprint density at radius 3 is 2.57 bits per heavy atom. The minimum atomic E-state index is -0.835. The van der Waals surface area contributed by atoms with E-state index in [1.54, 1.807) is 24.3 Å². The zero-order valence-corrected chi connectivity index (χ0v) is 17.9. The normalized spacial score (nSPS) is 15.1. The zero-order valence-electron chi connectivity index (χ0n) is 15.6. The number of methoxy groups -OCH3 is 1. The smallest absolute Gasteiger partial charge is 0.335 e. The second-order valence-corrected chi connectivity index (χ2v) is 7.28. The first-order valence-corrected chi connectivity index (χ1v) is 9.63. The van der Waals surface area contributed by atoms with Gasteiger partial charge in [-0.25, -0.2) is 9.69 Å². The Balaban J connectivity index is 2.01. The third-order valence-corrected chi connectivity index (χ3v) is 4.86. The molecule has 1 aliphatic rings. The van der Waals surface area contributed by atoms with Crippen molar-refractivity contribution < 1.29 is 23.9 Å². The number of rotatable bonds is 5. The van der Waals surface area contributed by atoms with Crippen LogP contribution in [0.2, 0.25) is 5.02 Å². The van der Waals surface area contributed by atoms with Gasteiger partial charge in [0.15, 0.2) is 11.5 Å². The van der Waals surface area contributed by atoms with Crippen LogP contribution < -0.4 is 19.7 Å². The van der Waals surface area contributed by atoms with E-state index in [1.807, 2.05) is 0 Å². The fraction of sp³-hybridized carbons (Fsp3) is 0.0952. The summed E-state index contributed by atoms with van der Waals surface area (Å²) < 4.78 is 11.4. The number of halogens is 2. The van der Waals surface area contributed by atoms with Crippen molar-refractivity contribution in [1.82, 2.24) is 5.32 Å². The van der Waals surface area contributed by atoms with Gasteiger partial charge >= 0.3 is 6.03 Å². The lowest BCUT2D eigenvalue weighted by atomic mass is 10.1. The number of imide groups is 2. The summed E-state index contributed by atoms with van der Waals surface area (Å²) in [5.41, 5.74) is 0.467. The van der Waals surface area contributed by atoms with Crippen LogP contribution in [0.15, 0.2) is 46.4 Å². The van der Waals surface area contributed by atoms with E-state index in [0.29, 0.717) is 11.3 Å². The SMILES string of the molecule is C#CCOc1c(Cl)cc(/C=C2\C(=O)NC(=O)N(c3ccc(Br)cc3)C2=O)cc1OC. The predicted molar refractivity (Wildman–Crippen MR) is 115 cm³/mol. The van der Waals surface area contributed by atoms with E-state index in [4.69, 9.17) is 27.5 Å². The summed E-state index contributed by atoms with van der Waals surface area (Å²) in [7, 11) is 1.41. The van der Waals surface area contributed by atoms with Crippen LogP contribution in [0.5, 0.6) is 11.5 Å². The van der Waals surface area contributed by atoms with Crippen LogP contribution in [0.25, 0.3) is 6.08 Å². The summed E-state index contributed by atoms with van der Waals surface area (Å²) >= 11 is 9.54. The molecule has 1 fully saturated rings. The lowest BCUT2D eigenvalue weighted by Crippen LogP contribution is -2.54. The Bertz CT molecular complexity index is 1110. The van der Waals surface area contributed by atoms with Gasteiger partial charge in [-0.1, -0.05) is 33.5 Å². The van der Waals surface area contributed by atoms with E-state index >= 15 is 0 Å². The van der Waals surface area contributed by atoms with Crippen molar-refractivity contribution in [1.29, 1.82) is 0 Å². The summed E-state index contributed by atoms with van der Waals surface area (Å²) in [6.07, 6.45) is 6.51. The maximum atomic E-state index is 12.9. The van der Waals surface area contributed by atoms with Crippen molar-refractivity contribution in [3.8, 4) is 23.8 Å². The van der Waals surface area contributed by atoms with Crippen LogP contribution in [0, 0.1) is 12.3 Å². The molecule has 0 aliphatic carbocycles. The van der Waals surface area contributed by atoms with Crippen LogP contribution in [-0.4, -0.2) is 31.6 Å². The molecule has 0 unspecified atom stereocenters. The molecule has 1 heterocycles. The van der Waals surface area contributed by atoms with Crippen molar-refractivity contribution in [2.45, 2.75) is 0 Å². The Morgan fingerprint density at radius 2 is 1.93 bits per heavy atom. The highest BCUT2D eigenvalue weighted by Gasteiger charge is 2.36. The summed E-state index contributed by atoms with van der Waals surface area (Å²) in [5.74, 6) is 1.25. The molecule has 2 aromatic rings. The molecular formula is C21H14BrClN2O5. The lowest BCUT2D eigenvalue weighted by Gasteiger charge is -2.26. The third-order valence-electron chi connectivity index (χ3n) is 4.05. The van der Waals surface area contributed by atoms with Crippen molar-refractivity contribution in [2.24, 2.45) is 0 Å². The molecule has 4 amide bonds. The van der Waals surface area contributed by atoms with Gasteiger partial charge in [0.05, 0.1) is 17.8 Å². The first-order valence-electron chi connectivity index (χ1n) is 8.46. The Morgan fingerprint density at radius 1 is 1.23 bits per heavy atom. The van der Waals surface area contributed by atoms with Crippen LogP contribution in [-0.2, 0) is 9.59 Å². The lowest BCUT2D eigenvalue weighted by molar-refractivity contribution is -0.122. The average molecular weight is 490 g/mol. The Labute approximate surface area is 185 Å². The molecule has 1 aliphatic heterocycles. The van der Waals surface area contributed by atoms with Gasteiger partial charge in [-0.3, -0.25) is 14.9 Å². The Hall–Kier alpha value is -3.28. The number of terminal acetylenes is 1. The van der Waals surface area contributed by atoms with E-state index in [0.717, 1.165) is 9.37 Å². The number of nitrogens with one attached hydrogen (secondary N) is 1. The van der Waals surface area contributed by atoms with E-state index in [2.05, 4.69) is 27.2 Å². The minimum Gasteiger partial charge on any atom is -0.493 e. The van der Waals surface area contributed by atoms with Crippen LogP contribution in [0.4, 0.5) is 10.5 Å². The van der Waals surface area contributed by atoms with E-state index in [9.17, 15) is 14.4 Å². The molecule has 0 aromatic heterocycles. The minimum absolute atomic E-state index is 0.0122. The summed E-state index contributed by atoms with van der Waals surface area (Å²) in [6, 6.07) is 8.69. The van der Waals surface area contributed by atoms with Gasteiger partial charge in [-0.15, -0.1) is 6.42 Å². The molecular weight excluding hydrogens is 476 g/mol. The molecule has 0 saturated carbocycles. The monoisotopic (exact) mass is 488 g/mol. The maximum Gasteiger partial charge on any atom is 0.335 e. The molecule has 0 radical (unpaired) electrons. The number of urea groups is 1. The molecule has 0 atom stereocenters. The standard InChI is InChI=1S/C21H14BrClN2O5/c1-3-8-30-18-16(23)10-12(11-17(18)29-2)9-15-19(26)24-21(28)25(20(15)27)14-6-4-13(22)5-7-14/h1,4-7,9-11H,8H2,2H3,(H,24,26,28)/b15-9+. The number of barbiturate groups is 1. The van der Waals surface area contributed by atoms with Gasteiger partial charge in [0.1, 0.15) is 12.2 Å². The largest absolute Gasteiger partial charge is 0.493 e. The van der Waals surface area contributed by atoms with Crippen LogP contribution >= 0.6 is 27.5 Å². The van der Waals surface area contributed by atoms with Gasteiger partial charge in [0, 0.05) is 4.47 Å². The summed E-state index contributed by atoms with van der Waals surface area (Å²) in [4.78, 5) is 38.4. The molecule has 7 nitrogen and oxygen atoms in total. The number of anilines is 1. The van der Waals surface area contributed by atoms with Crippen molar-refractivity contribution >= 4 is 57.1 Å². The summed E-state index contributed by atoms with van der Waals surface area (Å²) in [6.45, 7) is -0.0122. The molecule has 3 rings (SSSR count). The first kappa shape index (κ1) is 21.4. The molecule has 0 bridgehead atoms. The Kier molecular flexibility index (Phi) is 6.45.